The Morgan fingerprint density at radius 1 is 0.820 bits per heavy atom. The molecule has 6 rings (SSSR count). The van der Waals surface area contributed by atoms with E-state index >= 15 is 0 Å². The lowest BCUT2D eigenvalue weighted by atomic mass is 9.71. The van der Waals surface area contributed by atoms with Crippen molar-refractivity contribution in [2.75, 3.05) is 67.1 Å². The van der Waals surface area contributed by atoms with Crippen LogP contribution < -0.4 is 19.6 Å². The van der Waals surface area contributed by atoms with E-state index in [-0.39, 0.29) is 17.2 Å². The highest BCUT2D eigenvalue weighted by Gasteiger charge is 2.46. The number of carbonyl (C=O) groups is 3. The summed E-state index contributed by atoms with van der Waals surface area (Å²) in [5.41, 5.74) is 4.87. The topological polar surface area (TPSA) is 121 Å². The van der Waals surface area contributed by atoms with E-state index < -0.39 is 17.3 Å². The molecule has 0 aliphatic carbocycles. The first-order valence-electron chi connectivity index (χ1n) is 17.4. The van der Waals surface area contributed by atoms with Crippen molar-refractivity contribution in [1.29, 1.82) is 0 Å². The molecule has 2 amide bonds. The van der Waals surface area contributed by atoms with Crippen LogP contribution in [0.15, 0.2) is 72.8 Å². The highest BCUT2D eigenvalue weighted by molar-refractivity contribution is 5.96. The average molecular weight is 685 g/mol. The van der Waals surface area contributed by atoms with Crippen molar-refractivity contribution in [2.24, 2.45) is 5.92 Å². The lowest BCUT2D eigenvalue weighted by Gasteiger charge is -2.42. The van der Waals surface area contributed by atoms with Crippen LogP contribution in [0.4, 0.5) is 0 Å². The van der Waals surface area contributed by atoms with Crippen molar-refractivity contribution in [3.05, 3.63) is 89.5 Å². The molecule has 0 aromatic heterocycles. The molecule has 50 heavy (non-hydrogen) atoms. The summed E-state index contributed by atoms with van der Waals surface area (Å²) in [4.78, 5) is 43.9. The largest absolute Gasteiger partial charge is 0.493 e. The number of benzene rings is 3. The van der Waals surface area contributed by atoms with Gasteiger partial charge in [-0.25, -0.2) is 5.01 Å². The van der Waals surface area contributed by atoms with Gasteiger partial charge in [-0.2, -0.15) is 0 Å². The maximum Gasteiger partial charge on any atom is 0.307 e. The molecule has 3 aromatic carbocycles. The Morgan fingerprint density at radius 2 is 1.44 bits per heavy atom. The molecular weight excluding hydrogens is 636 g/mol. The number of hydrogen-bond acceptors (Lipinski definition) is 8. The normalized spacial score (nSPS) is 22.2. The predicted octanol–water partition coefficient (Wildman–Crippen LogP) is 4.36. The zero-order valence-electron chi connectivity index (χ0n) is 29.2. The predicted molar refractivity (Wildman–Crippen MR) is 189 cm³/mol. The summed E-state index contributed by atoms with van der Waals surface area (Å²) in [6, 6.07) is 23.9. The molecule has 266 valence electrons. The molecule has 2 N–H and O–H groups in total. The van der Waals surface area contributed by atoms with Gasteiger partial charge in [0, 0.05) is 37.2 Å². The van der Waals surface area contributed by atoms with E-state index in [4.69, 9.17) is 14.2 Å². The second-order valence-electron chi connectivity index (χ2n) is 13.8. The van der Waals surface area contributed by atoms with Gasteiger partial charge in [-0.15, -0.1) is 0 Å². The van der Waals surface area contributed by atoms with Crippen LogP contribution in [0.2, 0.25) is 0 Å². The lowest BCUT2D eigenvalue weighted by Crippen LogP contribution is -2.55. The fraction of sp³-hybridized carbons (Fsp3) is 0.462. The number of ether oxygens (including phenoxy) is 3. The molecule has 3 aliphatic heterocycles. The number of amides is 2. The first-order valence-corrected chi connectivity index (χ1v) is 17.4. The van der Waals surface area contributed by atoms with Crippen LogP contribution >= 0.6 is 0 Å². The van der Waals surface area contributed by atoms with Crippen LogP contribution in [0.25, 0.3) is 0 Å². The number of likely N-dealkylation sites (tertiary alicyclic amines) is 2. The SMILES string of the molecule is COc1cc(C(=O)N2CCC(CCN3CCC(C(=O)NN4CCC(C(=O)O)C4)(c4ccccc4)CC3)(c3ccccc3)C2)cc(OC)c1OC. The van der Waals surface area contributed by atoms with Crippen molar-refractivity contribution in [1.82, 2.24) is 20.2 Å². The third-order valence-corrected chi connectivity index (χ3v) is 11.1. The van der Waals surface area contributed by atoms with Crippen LogP contribution in [0, 0.1) is 5.92 Å². The Kier molecular flexibility index (Phi) is 10.6. The maximum absolute atomic E-state index is 14.0. The van der Waals surface area contributed by atoms with E-state index in [1.165, 1.54) is 5.56 Å². The Labute approximate surface area is 294 Å². The van der Waals surface area contributed by atoms with Gasteiger partial charge in [-0.1, -0.05) is 60.7 Å². The third-order valence-electron chi connectivity index (χ3n) is 11.1. The number of piperidine rings is 1. The quantitative estimate of drug-likeness (QED) is 0.287. The van der Waals surface area contributed by atoms with Crippen LogP contribution in [-0.2, 0) is 20.4 Å². The highest BCUT2D eigenvalue weighted by atomic mass is 16.5. The summed E-state index contributed by atoms with van der Waals surface area (Å²) in [5.74, 6) is -0.0941. The molecule has 2 unspecified atom stereocenters. The summed E-state index contributed by atoms with van der Waals surface area (Å²) in [6.45, 7) is 4.39. The van der Waals surface area contributed by atoms with Gasteiger partial charge in [0.25, 0.3) is 5.91 Å². The average Bonchev–Trinajstić information content (AvgIpc) is 3.82. The molecule has 3 saturated heterocycles. The molecule has 0 radical (unpaired) electrons. The second-order valence-corrected chi connectivity index (χ2v) is 13.8. The van der Waals surface area contributed by atoms with Crippen molar-refractivity contribution >= 4 is 17.8 Å². The summed E-state index contributed by atoms with van der Waals surface area (Å²) >= 11 is 0. The maximum atomic E-state index is 14.0. The van der Waals surface area contributed by atoms with Gasteiger partial charge in [0.1, 0.15) is 0 Å². The second kappa shape index (κ2) is 15.1. The van der Waals surface area contributed by atoms with Crippen molar-refractivity contribution in [2.45, 2.75) is 42.9 Å². The monoisotopic (exact) mass is 684 g/mol. The highest BCUT2D eigenvalue weighted by Crippen LogP contribution is 2.42. The number of aliphatic carboxylic acids is 1. The van der Waals surface area contributed by atoms with Gasteiger partial charge < -0.3 is 29.1 Å². The Bertz CT molecular complexity index is 1640. The van der Waals surface area contributed by atoms with E-state index in [0.29, 0.717) is 68.3 Å². The van der Waals surface area contributed by atoms with Crippen LogP contribution in [0.1, 0.15) is 53.6 Å². The van der Waals surface area contributed by atoms with E-state index in [1.807, 2.05) is 41.3 Å². The molecule has 0 saturated carbocycles. The zero-order valence-corrected chi connectivity index (χ0v) is 29.2. The standard InChI is InChI=1S/C39H48N4O7/c1-48-32-24-29(25-33(49-2)34(32)50-3)35(44)42-23-16-38(27-42,30-10-6-4-7-11-30)15-20-41-21-17-39(18-22-41,31-12-8-5-9-13-31)37(47)40-43-19-14-28(26-43)36(45)46/h4-13,24-25,28H,14-23,26-27H2,1-3H3,(H,40,47)(H,45,46). The number of nitrogens with one attached hydrogen (secondary N) is 1. The van der Waals surface area contributed by atoms with E-state index in [9.17, 15) is 19.5 Å². The van der Waals surface area contributed by atoms with Crippen molar-refractivity contribution in [3.8, 4) is 17.2 Å². The number of carboxylic acids is 1. The smallest absolute Gasteiger partial charge is 0.307 e. The fourth-order valence-electron chi connectivity index (χ4n) is 8.06. The minimum absolute atomic E-state index is 0.0631. The number of methoxy groups -OCH3 is 3. The van der Waals surface area contributed by atoms with Crippen LogP contribution in [0.5, 0.6) is 17.2 Å². The van der Waals surface area contributed by atoms with E-state index in [1.54, 1.807) is 38.5 Å². The summed E-state index contributed by atoms with van der Waals surface area (Å²) in [6.07, 6.45) is 3.54. The molecule has 3 heterocycles. The van der Waals surface area contributed by atoms with Gasteiger partial charge in [0.15, 0.2) is 11.5 Å². The third kappa shape index (κ3) is 7.02. The molecular formula is C39H48N4O7. The Morgan fingerprint density at radius 3 is 2.00 bits per heavy atom. The molecule has 3 aliphatic rings. The van der Waals surface area contributed by atoms with Gasteiger partial charge in [0.05, 0.1) is 32.7 Å². The molecule has 11 nitrogen and oxygen atoms in total. The first-order chi connectivity index (χ1) is 24.2. The summed E-state index contributed by atoms with van der Waals surface area (Å²) in [7, 11) is 4.63. The Hall–Kier alpha value is -4.61. The fourth-order valence-corrected chi connectivity index (χ4v) is 8.06. The molecule has 2 atom stereocenters. The summed E-state index contributed by atoms with van der Waals surface area (Å²) < 4.78 is 16.5. The van der Waals surface area contributed by atoms with Crippen LogP contribution in [-0.4, -0.2) is 105 Å². The number of hydrogen-bond donors (Lipinski definition) is 2. The zero-order chi connectivity index (χ0) is 35.3. The Balaban J connectivity index is 1.16. The first kappa shape index (κ1) is 35.2. The van der Waals surface area contributed by atoms with Crippen molar-refractivity contribution < 1.29 is 33.7 Å². The van der Waals surface area contributed by atoms with Gasteiger partial charge in [-0.3, -0.25) is 19.8 Å². The number of nitrogens with zero attached hydrogens (tertiary/aromatic N) is 3. The van der Waals surface area contributed by atoms with E-state index in [0.717, 1.165) is 38.0 Å². The van der Waals surface area contributed by atoms with Gasteiger partial charge >= 0.3 is 5.97 Å². The number of rotatable bonds is 12. The number of carboxylic acid groups (broad SMARTS) is 1. The van der Waals surface area contributed by atoms with E-state index in [2.05, 4.69) is 34.6 Å². The van der Waals surface area contributed by atoms with Crippen LogP contribution in [0.3, 0.4) is 0 Å². The summed E-state index contributed by atoms with van der Waals surface area (Å²) in [5, 5.41) is 11.2. The molecule has 0 bridgehead atoms. The molecule has 3 fully saturated rings. The van der Waals surface area contributed by atoms with Gasteiger partial charge in [0.2, 0.25) is 11.7 Å². The molecule has 3 aromatic rings. The molecule has 11 heteroatoms. The number of hydrazine groups is 1. The van der Waals surface area contributed by atoms with Crippen molar-refractivity contribution in [3.63, 3.8) is 0 Å². The lowest BCUT2D eigenvalue weighted by molar-refractivity contribution is -0.142. The number of carbonyl (C=O) groups excluding carboxylic acids is 2. The molecule has 0 spiro atoms. The minimum atomic E-state index is -0.822. The minimum Gasteiger partial charge on any atom is -0.493 e. The van der Waals surface area contributed by atoms with Gasteiger partial charge in [-0.05, 0) is 75.0 Å².